The summed E-state index contributed by atoms with van der Waals surface area (Å²) in [6, 6.07) is 10.3. The molecule has 1 saturated heterocycles. The van der Waals surface area contributed by atoms with Crippen molar-refractivity contribution in [3.8, 4) is 11.8 Å². The number of aliphatic hydroxyl groups is 1. The highest BCUT2D eigenvalue weighted by molar-refractivity contribution is 7.81. The predicted octanol–water partition coefficient (Wildman–Crippen LogP) is 4.61. The second-order valence-corrected chi connectivity index (χ2v) is 10.2. The molecule has 0 bridgehead atoms. The van der Waals surface area contributed by atoms with Gasteiger partial charge in [-0.2, -0.15) is 18.4 Å². The van der Waals surface area contributed by atoms with Gasteiger partial charge in [0.1, 0.15) is 17.4 Å². The molecule has 37 heavy (non-hydrogen) atoms. The molecular formula is C26H25F3N4O3S. The number of hydrogen-bond acceptors (Lipinski definition) is 6. The van der Waals surface area contributed by atoms with E-state index in [1.807, 2.05) is 19.9 Å². The number of nitriles is 1. The topological polar surface area (TPSA) is 80.0 Å². The molecule has 7 nitrogen and oxygen atoms in total. The molecule has 2 aliphatic heterocycles. The van der Waals surface area contributed by atoms with Crippen molar-refractivity contribution < 1.29 is 27.8 Å². The first kappa shape index (κ1) is 25.3. The Kier molecular flexibility index (Phi) is 6.08. The number of halogens is 3. The van der Waals surface area contributed by atoms with Crippen LogP contribution in [-0.2, 0) is 11.0 Å². The number of hydrogen-bond donors (Lipinski definition) is 1. The number of alkyl halides is 3. The van der Waals surface area contributed by atoms with E-state index in [0.29, 0.717) is 30.8 Å². The molecule has 1 amide bonds. The number of ether oxygens (including phenoxy) is 1. The van der Waals surface area contributed by atoms with Gasteiger partial charge in [-0.1, -0.05) is 0 Å². The van der Waals surface area contributed by atoms with Crippen LogP contribution in [-0.4, -0.2) is 47.0 Å². The van der Waals surface area contributed by atoms with Crippen molar-refractivity contribution >= 4 is 40.3 Å². The Labute approximate surface area is 217 Å². The van der Waals surface area contributed by atoms with Gasteiger partial charge in [-0.25, -0.2) is 0 Å². The minimum atomic E-state index is -4.76. The van der Waals surface area contributed by atoms with Gasteiger partial charge in [-0.15, -0.1) is 0 Å². The van der Waals surface area contributed by atoms with Gasteiger partial charge in [0.05, 0.1) is 41.7 Å². The molecule has 2 aromatic carbocycles. The Hall–Kier alpha value is -3.36. The smallest absolute Gasteiger partial charge is 0.417 e. The second kappa shape index (κ2) is 8.89. The van der Waals surface area contributed by atoms with Crippen molar-refractivity contribution in [2.24, 2.45) is 0 Å². The summed E-state index contributed by atoms with van der Waals surface area (Å²) in [5, 5.41) is 18.9. The summed E-state index contributed by atoms with van der Waals surface area (Å²) in [6.45, 7) is 4.41. The van der Waals surface area contributed by atoms with Gasteiger partial charge in [0.25, 0.3) is 5.91 Å². The molecule has 0 radical (unpaired) electrons. The van der Waals surface area contributed by atoms with Crippen LogP contribution in [0, 0.1) is 11.3 Å². The first-order chi connectivity index (χ1) is 17.5. The molecule has 1 aliphatic carbocycles. The molecule has 1 atom stereocenters. The normalized spacial score (nSPS) is 20.7. The molecule has 1 spiro atoms. The maximum Gasteiger partial charge on any atom is 0.417 e. The summed E-state index contributed by atoms with van der Waals surface area (Å²) < 4.78 is 46.9. The first-order valence-corrected chi connectivity index (χ1v) is 12.4. The monoisotopic (exact) mass is 530 g/mol. The van der Waals surface area contributed by atoms with Crippen LogP contribution in [0.1, 0.15) is 44.2 Å². The Morgan fingerprint density at radius 1 is 1.22 bits per heavy atom. The summed E-state index contributed by atoms with van der Waals surface area (Å²) in [7, 11) is 0. The van der Waals surface area contributed by atoms with Gasteiger partial charge in [-0.05, 0) is 81.7 Å². The fourth-order valence-electron chi connectivity index (χ4n) is 5.30. The number of aliphatic hydroxyl groups excluding tert-OH is 1. The van der Waals surface area contributed by atoms with E-state index >= 15 is 0 Å². The SMILES string of the molecule is CC(C)N1C[C@H](CO)Oc2ccc(N3C(=S)N(c4ccc(C#N)c(C(F)(F)F)c4)C(=O)C34CCC4)cc21. The Morgan fingerprint density at radius 3 is 2.49 bits per heavy atom. The number of amides is 1. The van der Waals surface area contributed by atoms with E-state index in [1.54, 1.807) is 23.1 Å². The van der Waals surface area contributed by atoms with E-state index in [9.17, 15) is 23.1 Å². The van der Waals surface area contributed by atoms with Crippen LogP contribution in [0.15, 0.2) is 36.4 Å². The van der Waals surface area contributed by atoms with Crippen molar-refractivity contribution in [3.63, 3.8) is 0 Å². The number of fused-ring (bicyclic) bond motifs is 1. The fraction of sp³-hybridized carbons (Fsp3) is 0.423. The number of carbonyl (C=O) groups is 1. The molecule has 11 heteroatoms. The lowest BCUT2D eigenvalue weighted by atomic mass is 9.75. The zero-order valence-electron chi connectivity index (χ0n) is 20.2. The van der Waals surface area contributed by atoms with Gasteiger partial charge in [0.15, 0.2) is 5.11 Å². The third kappa shape index (κ3) is 3.90. The largest absolute Gasteiger partial charge is 0.484 e. The summed E-state index contributed by atoms with van der Waals surface area (Å²) in [5.41, 5.74) is -1.21. The quantitative estimate of drug-likeness (QED) is 0.579. The minimum Gasteiger partial charge on any atom is -0.484 e. The van der Waals surface area contributed by atoms with Crippen LogP contribution < -0.4 is 19.4 Å². The molecule has 1 N–H and O–H groups in total. The zero-order valence-corrected chi connectivity index (χ0v) is 21.1. The van der Waals surface area contributed by atoms with Crippen molar-refractivity contribution in [3.05, 3.63) is 47.5 Å². The maximum atomic E-state index is 13.8. The molecule has 3 aliphatic rings. The highest BCUT2D eigenvalue weighted by Gasteiger charge is 2.59. The van der Waals surface area contributed by atoms with Crippen molar-refractivity contribution in [2.75, 3.05) is 27.9 Å². The van der Waals surface area contributed by atoms with Gasteiger partial charge in [-0.3, -0.25) is 9.69 Å². The minimum absolute atomic E-state index is 0.0222. The highest BCUT2D eigenvalue weighted by atomic mass is 32.1. The highest BCUT2D eigenvalue weighted by Crippen LogP contribution is 2.50. The van der Waals surface area contributed by atoms with E-state index in [1.165, 1.54) is 6.07 Å². The lowest BCUT2D eigenvalue weighted by Crippen LogP contribution is -2.55. The van der Waals surface area contributed by atoms with Crippen molar-refractivity contribution in [1.29, 1.82) is 5.26 Å². The van der Waals surface area contributed by atoms with Gasteiger partial charge < -0.3 is 19.6 Å². The lowest BCUT2D eigenvalue weighted by molar-refractivity contribution is -0.137. The van der Waals surface area contributed by atoms with Gasteiger partial charge in [0.2, 0.25) is 0 Å². The van der Waals surface area contributed by atoms with E-state index in [4.69, 9.17) is 22.2 Å². The third-order valence-corrected chi connectivity index (χ3v) is 7.68. The van der Waals surface area contributed by atoms with Crippen molar-refractivity contribution in [2.45, 2.75) is 57.0 Å². The summed E-state index contributed by atoms with van der Waals surface area (Å²) in [4.78, 5) is 18.8. The molecule has 0 unspecified atom stereocenters. The molecule has 194 valence electrons. The Morgan fingerprint density at radius 2 is 1.92 bits per heavy atom. The molecule has 2 fully saturated rings. The fourth-order valence-corrected chi connectivity index (χ4v) is 5.77. The lowest BCUT2D eigenvalue weighted by Gasteiger charge is -2.44. The van der Waals surface area contributed by atoms with E-state index in [-0.39, 0.29) is 35.5 Å². The number of benzene rings is 2. The van der Waals surface area contributed by atoms with Gasteiger partial charge >= 0.3 is 6.18 Å². The molecule has 1 saturated carbocycles. The number of carbonyl (C=O) groups excluding carboxylic acids is 1. The average molecular weight is 531 g/mol. The standard InChI is InChI=1S/C26H25F3N4O3S/c1-15(2)31-13-19(14-34)36-22-7-6-18(11-21(22)31)33-24(37)32(23(35)25(33)8-3-9-25)17-5-4-16(12-30)20(10-17)26(27,28)29/h4-7,10-11,15,19,34H,3,8-9,13-14H2,1-2H3/t19-/m1/s1. The molecule has 2 heterocycles. The van der Waals surface area contributed by atoms with Crippen LogP contribution in [0.2, 0.25) is 0 Å². The van der Waals surface area contributed by atoms with Crippen LogP contribution in [0.3, 0.4) is 0 Å². The van der Waals surface area contributed by atoms with Crippen LogP contribution in [0.4, 0.5) is 30.2 Å². The van der Waals surface area contributed by atoms with E-state index < -0.39 is 22.8 Å². The van der Waals surface area contributed by atoms with Crippen LogP contribution in [0.5, 0.6) is 5.75 Å². The van der Waals surface area contributed by atoms with Crippen LogP contribution in [0.25, 0.3) is 0 Å². The summed E-state index contributed by atoms with van der Waals surface area (Å²) >= 11 is 5.73. The Bertz CT molecular complexity index is 1320. The number of thiocarbonyl (C=S) groups is 1. The maximum absolute atomic E-state index is 13.8. The molecular weight excluding hydrogens is 505 g/mol. The molecule has 5 rings (SSSR count). The molecule has 2 aromatic rings. The number of rotatable bonds is 4. The second-order valence-electron chi connectivity index (χ2n) is 9.80. The van der Waals surface area contributed by atoms with Crippen molar-refractivity contribution in [1.82, 2.24) is 0 Å². The summed E-state index contributed by atoms with van der Waals surface area (Å²) in [5.74, 6) is 0.220. The number of anilines is 3. The average Bonchev–Trinajstić information content (AvgIpc) is 3.08. The third-order valence-electron chi connectivity index (χ3n) is 7.31. The number of nitrogens with zero attached hydrogens (tertiary/aromatic N) is 4. The summed E-state index contributed by atoms with van der Waals surface area (Å²) in [6.07, 6.45) is -3.32. The molecule has 0 aromatic heterocycles. The van der Waals surface area contributed by atoms with E-state index in [2.05, 4.69) is 4.90 Å². The van der Waals surface area contributed by atoms with Gasteiger partial charge in [0, 0.05) is 11.7 Å². The predicted molar refractivity (Wildman–Crippen MR) is 136 cm³/mol. The van der Waals surface area contributed by atoms with E-state index in [0.717, 1.165) is 29.1 Å². The Balaban J connectivity index is 1.58. The first-order valence-electron chi connectivity index (χ1n) is 12.0. The zero-order chi connectivity index (χ0) is 26.7. The van der Waals surface area contributed by atoms with Crippen LogP contribution >= 0.6 is 12.2 Å².